The summed E-state index contributed by atoms with van der Waals surface area (Å²) in [5, 5.41) is 14.4. The topological polar surface area (TPSA) is 150 Å². The van der Waals surface area contributed by atoms with E-state index in [1.54, 1.807) is 10.9 Å². The zero-order valence-corrected chi connectivity index (χ0v) is 20.7. The summed E-state index contributed by atoms with van der Waals surface area (Å²) in [5.74, 6) is -0.262. The van der Waals surface area contributed by atoms with E-state index in [-0.39, 0.29) is 11.6 Å². The standard InChI is InChI=1S/C24H26N6O6S/c1-2-25-24(33)29-21-18-22(27-12-26-21)30(13-28-18)23-20-19(15(34-23)10-37-11-16(31)32)35-17(36-20)9-8-14-6-4-3-5-7-14/h3-9,12-13,15,17,19-20,23H,2,10-11H2,1H3,(H,31,32)(H2,25,26,27,29,33)/b9-8+/t15-,17+,19-,20-,23-/m1/s1. The van der Waals surface area contributed by atoms with Crippen molar-refractivity contribution in [1.82, 2.24) is 24.8 Å². The quantitative estimate of drug-likeness (QED) is 0.379. The summed E-state index contributed by atoms with van der Waals surface area (Å²) in [6.45, 7) is 2.28. The van der Waals surface area contributed by atoms with Crippen LogP contribution in [0.5, 0.6) is 0 Å². The number of hydrogen-bond donors (Lipinski definition) is 3. The first kappa shape index (κ1) is 25.1. The Kier molecular flexibility index (Phi) is 7.65. The smallest absolute Gasteiger partial charge is 0.320 e. The van der Waals surface area contributed by atoms with Crippen molar-refractivity contribution in [3.05, 3.63) is 54.6 Å². The van der Waals surface area contributed by atoms with Gasteiger partial charge in [-0.05, 0) is 18.6 Å². The molecule has 2 aliphatic heterocycles. The molecule has 5 atom stereocenters. The fourth-order valence-electron chi connectivity index (χ4n) is 4.27. The van der Waals surface area contributed by atoms with Gasteiger partial charge in [0, 0.05) is 12.3 Å². The first-order chi connectivity index (χ1) is 18.0. The highest BCUT2D eigenvalue weighted by Crippen LogP contribution is 2.42. The number of aromatic nitrogens is 4. The molecule has 0 bridgehead atoms. The van der Waals surface area contributed by atoms with E-state index < -0.39 is 42.8 Å². The molecule has 0 unspecified atom stereocenters. The number of nitrogens with zero attached hydrogens (tertiary/aromatic N) is 4. The number of aliphatic carboxylic acids is 1. The lowest BCUT2D eigenvalue weighted by Crippen LogP contribution is -2.30. The van der Waals surface area contributed by atoms with Crippen LogP contribution < -0.4 is 10.6 Å². The number of amides is 2. The van der Waals surface area contributed by atoms with Crippen LogP contribution in [0.25, 0.3) is 17.2 Å². The third-order valence-corrected chi connectivity index (χ3v) is 6.84. The van der Waals surface area contributed by atoms with E-state index in [1.807, 2.05) is 49.4 Å². The Morgan fingerprint density at radius 1 is 1.14 bits per heavy atom. The van der Waals surface area contributed by atoms with Gasteiger partial charge in [0.05, 0.1) is 18.2 Å². The Bertz CT molecular complexity index is 1290. The van der Waals surface area contributed by atoms with Crippen molar-refractivity contribution in [1.29, 1.82) is 0 Å². The number of imidazole rings is 1. The van der Waals surface area contributed by atoms with Gasteiger partial charge in [-0.25, -0.2) is 19.7 Å². The van der Waals surface area contributed by atoms with Crippen molar-refractivity contribution in [3.8, 4) is 0 Å². The van der Waals surface area contributed by atoms with Gasteiger partial charge in [0.15, 0.2) is 29.5 Å². The molecule has 4 heterocycles. The minimum atomic E-state index is -0.896. The van der Waals surface area contributed by atoms with Gasteiger partial charge in [-0.2, -0.15) is 0 Å². The van der Waals surface area contributed by atoms with Gasteiger partial charge in [-0.1, -0.05) is 36.4 Å². The summed E-state index contributed by atoms with van der Waals surface area (Å²) in [6.07, 6.45) is 4.10. The van der Waals surface area contributed by atoms with E-state index in [9.17, 15) is 9.59 Å². The number of carbonyl (C=O) groups is 2. The van der Waals surface area contributed by atoms with Gasteiger partial charge in [-0.3, -0.25) is 14.7 Å². The molecule has 2 saturated heterocycles. The fourth-order valence-corrected chi connectivity index (χ4v) is 5.06. The minimum Gasteiger partial charge on any atom is -0.481 e. The number of carboxylic acid groups (broad SMARTS) is 1. The Labute approximate surface area is 216 Å². The van der Waals surface area contributed by atoms with Gasteiger partial charge in [0.25, 0.3) is 0 Å². The highest BCUT2D eigenvalue weighted by atomic mass is 32.2. The zero-order valence-electron chi connectivity index (χ0n) is 19.9. The molecule has 0 spiro atoms. The van der Waals surface area contributed by atoms with Crippen LogP contribution in [-0.4, -0.2) is 79.3 Å². The summed E-state index contributed by atoms with van der Waals surface area (Å²) in [4.78, 5) is 36.0. The Morgan fingerprint density at radius 3 is 2.73 bits per heavy atom. The first-order valence-corrected chi connectivity index (χ1v) is 12.9. The zero-order chi connectivity index (χ0) is 25.8. The summed E-state index contributed by atoms with van der Waals surface area (Å²) in [7, 11) is 0. The summed E-state index contributed by atoms with van der Waals surface area (Å²) >= 11 is 1.25. The number of carbonyl (C=O) groups excluding carboxylic acids is 1. The van der Waals surface area contributed by atoms with Crippen molar-refractivity contribution >= 4 is 46.8 Å². The molecule has 0 radical (unpaired) electrons. The van der Waals surface area contributed by atoms with Gasteiger partial charge in [0.2, 0.25) is 0 Å². The second-order valence-electron chi connectivity index (χ2n) is 8.34. The third-order valence-electron chi connectivity index (χ3n) is 5.82. The number of urea groups is 1. The molecule has 2 amide bonds. The molecule has 2 aromatic heterocycles. The van der Waals surface area contributed by atoms with Crippen LogP contribution in [0, 0.1) is 0 Å². The molecule has 13 heteroatoms. The molecule has 37 heavy (non-hydrogen) atoms. The van der Waals surface area contributed by atoms with E-state index >= 15 is 0 Å². The van der Waals surface area contributed by atoms with Crippen molar-refractivity contribution in [3.63, 3.8) is 0 Å². The summed E-state index contributed by atoms with van der Waals surface area (Å²) in [5.41, 5.74) is 1.87. The minimum absolute atomic E-state index is 0.0454. The maximum absolute atomic E-state index is 12.0. The number of nitrogens with one attached hydrogen (secondary N) is 2. The normalized spacial score (nSPS) is 24.9. The van der Waals surface area contributed by atoms with Crippen LogP contribution in [-0.2, 0) is 19.0 Å². The molecule has 5 rings (SSSR count). The molecule has 3 N–H and O–H groups in total. The monoisotopic (exact) mass is 526 g/mol. The van der Waals surface area contributed by atoms with Gasteiger partial charge < -0.3 is 24.6 Å². The van der Waals surface area contributed by atoms with E-state index in [1.165, 1.54) is 18.1 Å². The van der Waals surface area contributed by atoms with E-state index in [2.05, 4.69) is 25.6 Å². The molecule has 0 aliphatic carbocycles. The maximum atomic E-state index is 12.0. The molecular formula is C24H26N6O6S. The highest BCUT2D eigenvalue weighted by molar-refractivity contribution is 7.99. The summed E-state index contributed by atoms with van der Waals surface area (Å²) in [6, 6.07) is 9.41. The third kappa shape index (κ3) is 5.59. The van der Waals surface area contributed by atoms with E-state index in [0.29, 0.717) is 23.5 Å². The number of thioether (sulfide) groups is 1. The number of hydrogen-bond acceptors (Lipinski definition) is 9. The van der Waals surface area contributed by atoms with Crippen LogP contribution in [0.15, 0.2) is 49.1 Å². The lowest BCUT2D eigenvalue weighted by atomic mass is 10.1. The molecule has 2 fully saturated rings. The van der Waals surface area contributed by atoms with E-state index in [0.717, 1.165) is 5.56 Å². The van der Waals surface area contributed by atoms with Crippen LogP contribution in [0.3, 0.4) is 0 Å². The van der Waals surface area contributed by atoms with Gasteiger partial charge >= 0.3 is 12.0 Å². The molecule has 1 aromatic carbocycles. The first-order valence-electron chi connectivity index (χ1n) is 11.7. The fraction of sp³-hybridized carbons (Fsp3) is 0.375. The molecule has 3 aromatic rings. The SMILES string of the molecule is CCNC(=O)Nc1ncnc2c1ncn2[C@@H]1O[C@H](CSCC(=O)O)[C@H]2O[C@H](/C=C/c3ccccc3)O[C@H]21. The Morgan fingerprint density at radius 2 is 1.95 bits per heavy atom. The van der Waals surface area contributed by atoms with Crippen molar-refractivity contribution in [2.45, 2.75) is 37.8 Å². The Hall–Kier alpha value is -3.52. The second kappa shape index (κ2) is 11.3. The largest absolute Gasteiger partial charge is 0.481 e. The molecule has 0 saturated carbocycles. The molecule has 2 aliphatic rings. The number of rotatable bonds is 9. The van der Waals surface area contributed by atoms with Crippen LogP contribution >= 0.6 is 11.8 Å². The Balaban J connectivity index is 1.39. The lowest BCUT2D eigenvalue weighted by molar-refractivity contribution is -0.133. The lowest BCUT2D eigenvalue weighted by Gasteiger charge is -2.20. The van der Waals surface area contributed by atoms with Crippen LogP contribution in [0.4, 0.5) is 10.6 Å². The second-order valence-corrected chi connectivity index (χ2v) is 9.37. The highest BCUT2D eigenvalue weighted by Gasteiger charge is 2.53. The molecular weight excluding hydrogens is 500 g/mol. The number of ether oxygens (including phenoxy) is 3. The average molecular weight is 527 g/mol. The number of anilines is 1. The number of fused-ring (bicyclic) bond motifs is 2. The van der Waals surface area contributed by atoms with Gasteiger partial charge in [0.1, 0.15) is 18.5 Å². The van der Waals surface area contributed by atoms with Crippen LogP contribution in [0.2, 0.25) is 0 Å². The number of carboxylic acids is 1. The van der Waals surface area contributed by atoms with Crippen LogP contribution in [0.1, 0.15) is 18.7 Å². The van der Waals surface area contributed by atoms with Crippen molar-refractivity contribution in [2.75, 3.05) is 23.4 Å². The predicted octanol–water partition coefficient (Wildman–Crippen LogP) is 2.51. The molecule has 194 valence electrons. The summed E-state index contributed by atoms with van der Waals surface area (Å²) < 4.78 is 20.5. The van der Waals surface area contributed by atoms with Crippen molar-refractivity contribution < 1.29 is 28.9 Å². The van der Waals surface area contributed by atoms with Gasteiger partial charge in [-0.15, -0.1) is 11.8 Å². The average Bonchev–Trinajstić information content (AvgIpc) is 3.58. The van der Waals surface area contributed by atoms with Crippen molar-refractivity contribution in [2.24, 2.45) is 0 Å². The number of benzene rings is 1. The maximum Gasteiger partial charge on any atom is 0.320 e. The predicted molar refractivity (Wildman–Crippen MR) is 136 cm³/mol. The molecule has 12 nitrogen and oxygen atoms in total. The van der Waals surface area contributed by atoms with E-state index in [4.69, 9.17) is 19.3 Å².